The van der Waals surface area contributed by atoms with E-state index >= 15 is 0 Å². The van der Waals surface area contributed by atoms with E-state index in [1.165, 1.54) is 0 Å². The van der Waals surface area contributed by atoms with Crippen LogP contribution in [0.1, 0.15) is 18.9 Å². The first kappa shape index (κ1) is 16.1. The molecule has 0 saturated carbocycles. The van der Waals surface area contributed by atoms with Gasteiger partial charge in [0.2, 0.25) is 10.0 Å². The number of hydrogen-bond donors (Lipinski definition) is 1. The van der Waals surface area contributed by atoms with E-state index in [1.54, 1.807) is 24.3 Å². The summed E-state index contributed by atoms with van der Waals surface area (Å²) >= 11 is 3.27. The molecular weight excluding hydrogens is 334 g/mol. The molecule has 5 nitrogen and oxygen atoms in total. The summed E-state index contributed by atoms with van der Waals surface area (Å²) in [5, 5.41) is 8.76. The molecule has 0 atom stereocenters. The molecule has 1 rings (SSSR count). The van der Waals surface area contributed by atoms with Crippen LogP contribution in [0.2, 0.25) is 0 Å². The third-order valence-corrected chi connectivity index (χ3v) is 4.77. The van der Waals surface area contributed by atoms with Crippen LogP contribution in [-0.2, 0) is 20.6 Å². The molecule has 0 radical (unpaired) electrons. The summed E-state index contributed by atoms with van der Waals surface area (Å²) in [5.41, 5.74) is 0.634. The first-order valence-corrected chi connectivity index (χ1v) is 8.19. The van der Waals surface area contributed by atoms with Gasteiger partial charge < -0.3 is 5.11 Å². The van der Waals surface area contributed by atoms with E-state index in [1.807, 2.05) is 6.92 Å². The summed E-state index contributed by atoms with van der Waals surface area (Å²) in [5.74, 6) is -1.33. The fourth-order valence-corrected chi connectivity index (χ4v) is 3.43. The Labute approximate surface area is 121 Å². The summed E-state index contributed by atoms with van der Waals surface area (Å²) in [4.78, 5) is 10.7. The van der Waals surface area contributed by atoms with Gasteiger partial charge in [0.25, 0.3) is 0 Å². The highest BCUT2D eigenvalue weighted by Gasteiger charge is 2.23. The van der Waals surface area contributed by atoms with Crippen molar-refractivity contribution in [3.63, 3.8) is 0 Å². The highest BCUT2D eigenvalue weighted by atomic mass is 79.9. The number of benzene rings is 1. The van der Waals surface area contributed by atoms with Gasteiger partial charge in [0.05, 0.1) is 5.75 Å². The molecular formula is C12H16BrNO4S. The quantitative estimate of drug-likeness (QED) is 0.817. The average Bonchev–Trinajstić information content (AvgIpc) is 2.31. The van der Waals surface area contributed by atoms with Crippen molar-refractivity contribution in [1.82, 2.24) is 4.31 Å². The first-order chi connectivity index (χ1) is 8.85. The molecule has 0 aliphatic heterocycles. The number of carboxylic acid groups (broad SMARTS) is 1. The molecule has 0 saturated heterocycles. The van der Waals surface area contributed by atoms with Gasteiger partial charge in [0, 0.05) is 11.0 Å². The number of carboxylic acids is 1. The van der Waals surface area contributed by atoms with Gasteiger partial charge >= 0.3 is 5.97 Å². The molecule has 0 aromatic heterocycles. The van der Waals surface area contributed by atoms with Crippen LogP contribution in [0.15, 0.2) is 28.7 Å². The number of hydrogen-bond acceptors (Lipinski definition) is 3. The third kappa shape index (κ3) is 5.30. The lowest BCUT2D eigenvalue weighted by atomic mass is 10.2. The van der Waals surface area contributed by atoms with Crippen LogP contribution in [-0.4, -0.2) is 36.9 Å². The number of aliphatic carboxylic acids is 1. The van der Waals surface area contributed by atoms with E-state index in [2.05, 4.69) is 15.9 Å². The van der Waals surface area contributed by atoms with E-state index < -0.39 is 22.5 Å². The Morgan fingerprint density at radius 2 is 1.89 bits per heavy atom. The molecule has 1 aromatic carbocycles. The van der Waals surface area contributed by atoms with Crippen molar-refractivity contribution in [2.75, 3.05) is 13.1 Å². The van der Waals surface area contributed by atoms with Crippen LogP contribution in [0.4, 0.5) is 0 Å². The maximum Gasteiger partial charge on any atom is 0.318 e. The van der Waals surface area contributed by atoms with Crippen molar-refractivity contribution < 1.29 is 18.3 Å². The van der Waals surface area contributed by atoms with Crippen LogP contribution in [0, 0.1) is 0 Å². The highest BCUT2D eigenvalue weighted by molar-refractivity contribution is 9.10. The summed E-state index contributed by atoms with van der Waals surface area (Å²) in [7, 11) is -3.61. The average molecular weight is 350 g/mol. The van der Waals surface area contributed by atoms with Crippen molar-refractivity contribution in [2.24, 2.45) is 0 Å². The standard InChI is InChI=1S/C12H16BrNO4S/c1-2-7-14(8-12(15)16)19(17,18)9-10-3-5-11(13)6-4-10/h3-6H,2,7-9H2,1H3,(H,15,16). The topological polar surface area (TPSA) is 74.7 Å². The minimum Gasteiger partial charge on any atom is -0.480 e. The minimum atomic E-state index is -3.61. The van der Waals surface area contributed by atoms with Gasteiger partial charge in [-0.1, -0.05) is 35.0 Å². The fourth-order valence-electron chi connectivity index (χ4n) is 1.60. The third-order valence-electron chi connectivity index (χ3n) is 2.44. The lowest BCUT2D eigenvalue weighted by molar-refractivity contribution is -0.137. The van der Waals surface area contributed by atoms with Gasteiger partial charge in [0.15, 0.2) is 0 Å². The maximum atomic E-state index is 12.2. The maximum absolute atomic E-state index is 12.2. The number of halogens is 1. The molecule has 0 heterocycles. The van der Waals surface area contributed by atoms with Gasteiger partial charge in [-0.25, -0.2) is 8.42 Å². The Morgan fingerprint density at radius 1 is 1.32 bits per heavy atom. The van der Waals surface area contributed by atoms with Gasteiger partial charge in [-0.3, -0.25) is 4.79 Å². The molecule has 0 fully saturated rings. The zero-order valence-electron chi connectivity index (χ0n) is 10.5. The monoisotopic (exact) mass is 349 g/mol. The Hall–Kier alpha value is -0.920. The second kappa shape index (κ2) is 7.02. The molecule has 0 aliphatic carbocycles. The van der Waals surface area contributed by atoms with Crippen molar-refractivity contribution >= 4 is 31.9 Å². The first-order valence-electron chi connectivity index (χ1n) is 5.79. The van der Waals surface area contributed by atoms with Crippen LogP contribution in [0.3, 0.4) is 0 Å². The van der Waals surface area contributed by atoms with E-state index in [0.29, 0.717) is 12.0 Å². The van der Waals surface area contributed by atoms with Crippen molar-refractivity contribution in [3.05, 3.63) is 34.3 Å². The number of nitrogens with zero attached hydrogens (tertiary/aromatic N) is 1. The van der Waals surface area contributed by atoms with Gasteiger partial charge in [-0.05, 0) is 24.1 Å². The number of carbonyl (C=O) groups is 1. The zero-order valence-corrected chi connectivity index (χ0v) is 12.9. The molecule has 0 aliphatic rings. The van der Waals surface area contributed by atoms with Crippen LogP contribution in [0.5, 0.6) is 0 Å². The molecule has 106 valence electrons. The second-order valence-corrected chi connectivity index (χ2v) is 6.99. The summed E-state index contributed by atoms with van der Waals surface area (Å²) < 4.78 is 26.2. The molecule has 0 bridgehead atoms. The molecule has 0 amide bonds. The Balaban J connectivity index is 2.87. The Bertz CT molecular complexity index is 527. The Morgan fingerprint density at radius 3 is 2.37 bits per heavy atom. The van der Waals surface area contributed by atoms with Crippen LogP contribution in [0.25, 0.3) is 0 Å². The Kier molecular flexibility index (Phi) is 5.96. The largest absolute Gasteiger partial charge is 0.480 e. The van der Waals surface area contributed by atoms with Crippen LogP contribution < -0.4 is 0 Å². The van der Waals surface area contributed by atoms with Crippen molar-refractivity contribution in [2.45, 2.75) is 19.1 Å². The lowest BCUT2D eigenvalue weighted by Crippen LogP contribution is -2.37. The predicted molar refractivity (Wildman–Crippen MR) is 76.3 cm³/mol. The van der Waals surface area contributed by atoms with Gasteiger partial charge in [-0.2, -0.15) is 4.31 Å². The van der Waals surface area contributed by atoms with E-state index in [4.69, 9.17) is 5.11 Å². The molecule has 1 N–H and O–H groups in total. The second-order valence-electron chi connectivity index (χ2n) is 4.11. The predicted octanol–water partition coefficient (Wildman–Crippen LogP) is 2.08. The van der Waals surface area contributed by atoms with E-state index in [9.17, 15) is 13.2 Å². The SMILES string of the molecule is CCCN(CC(=O)O)S(=O)(=O)Cc1ccc(Br)cc1. The van der Waals surface area contributed by atoms with Crippen LogP contribution >= 0.6 is 15.9 Å². The smallest absolute Gasteiger partial charge is 0.318 e. The fraction of sp³-hybridized carbons (Fsp3) is 0.417. The minimum absolute atomic E-state index is 0.187. The number of rotatable bonds is 7. The van der Waals surface area contributed by atoms with E-state index in [-0.39, 0.29) is 12.3 Å². The van der Waals surface area contributed by atoms with Crippen molar-refractivity contribution in [1.29, 1.82) is 0 Å². The summed E-state index contributed by atoms with van der Waals surface area (Å²) in [6.45, 7) is 1.53. The van der Waals surface area contributed by atoms with Crippen molar-refractivity contribution in [3.8, 4) is 0 Å². The summed E-state index contributed by atoms with van der Waals surface area (Å²) in [6, 6.07) is 6.91. The normalized spacial score (nSPS) is 11.7. The molecule has 0 spiro atoms. The zero-order chi connectivity index (χ0) is 14.5. The van der Waals surface area contributed by atoms with Gasteiger partial charge in [-0.15, -0.1) is 0 Å². The lowest BCUT2D eigenvalue weighted by Gasteiger charge is -2.19. The molecule has 0 unspecified atom stereocenters. The molecule has 19 heavy (non-hydrogen) atoms. The van der Waals surface area contributed by atoms with Gasteiger partial charge in [0.1, 0.15) is 6.54 Å². The van der Waals surface area contributed by atoms with E-state index in [0.717, 1.165) is 8.78 Å². The number of sulfonamides is 1. The molecule has 1 aromatic rings. The highest BCUT2D eigenvalue weighted by Crippen LogP contribution is 2.15. The summed E-state index contributed by atoms with van der Waals surface area (Å²) in [6.07, 6.45) is 0.576. The molecule has 7 heteroatoms.